The molecule has 1 rings (SSSR count). The molecule has 16 heavy (non-hydrogen) atoms. The van der Waals surface area contributed by atoms with Crippen molar-refractivity contribution in [2.75, 3.05) is 12.1 Å². The van der Waals surface area contributed by atoms with Gasteiger partial charge in [0.15, 0.2) is 5.82 Å². The Morgan fingerprint density at radius 1 is 1.75 bits per heavy atom. The Labute approximate surface area is 101 Å². The van der Waals surface area contributed by atoms with Crippen LogP contribution in [-0.2, 0) is 11.9 Å². The zero-order valence-corrected chi connectivity index (χ0v) is 9.79. The van der Waals surface area contributed by atoms with Gasteiger partial charge in [-0.3, -0.25) is 9.52 Å². The molecule has 6 nitrogen and oxygen atoms in total. The minimum Gasteiger partial charge on any atom is -0.477 e. The minimum absolute atomic E-state index is 0.0528. The highest BCUT2D eigenvalue weighted by Crippen LogP contribution is 2.09. The van der Waals surface area contributed by atoms with Crippen molar-refractivity contribution < 1.29 is 14.7 Å². The summed E-state index contributed by atoms with van der Waals surface area (Å²) in [6.45, 7) is 0.140. The largest absolute Gasteiger partial charge is 0.477 e. The molecule has 0 bridgehead atoms. The summed E-state index contributed by atoms with van der Waals surface area (Å²) in [7, 11) is 1.52. The fourth-order valence-corrected chi connectivity index (χ4v) is 1.06. The third-order valence-corrected chi connectivity index (χ3v) is 1.91. The Hall–Kier alpha value is -1.24. The van der Waals surface area contributed by atoms with Gasteiger partial charge in [0.25, 0.3) is 0 Å². The molecule has 0 saturated heterocycles. The number of aryl methyl sites for hydroxylation is 1. The average molecular weight is 266 g/mol. The topological polar surface area (TPSA) is 76.4 Å². The first kappa shape index (κ1) is 12.8. The lowest BCUT2D eigenvalue weighted by Gasteiger charge is -1.99. The van der Waals surface area contributed by atoms with Gasteiger partial charge in [-0.1, -0.05) is 23.2 Å². The van der Waals surface area contributed by atoms with Crippen molar-refractivity contribution in [1.29, 1.82) is 0 Å². The number of hydrogen-bond acceptors (Lipinski definition) is 4. The zero-order valence-electron chi connectivity index (χ0n) is 8.28. The minimum atomic E-state index is -1.06. The normalized spacial score (nSPS) is 9.94. The van der Waals surface area contributed by atoms with Crippen LogP contribution in [0.4, 0.5) is 5.82 Å². The van der Waals surface area contributed by atoms with Crippen LogP contribution in [-0.4, -0.2) is 27.5 Å². The summed E-state index contributed by atoms with van der Waals surface area (Å²) in [6.07, 6.45) is 1.43. The van der Waals surface area contributed by atoms with Crippen LogP contribution in [0.25, 0.3) is 0 Å². The number of nitrogens with zero attached hydrogens (tertiary/aromatic N) is 2. The predicted molar refractivity (Wildman–Crippen MR) is 59.5 cm³/mol. The maximum absolute atomic E-state index is 10.7. The SMILES string of the molecule is Cn1nc(NOCC=C(Cl)Cl)cc1C(=O)O. The van der Waals surface area contributed by atoms with Gasteiger partial charge < -0.3 is 5.11 Å². The molecule has 0 aromatic carbocycles. The molecular formula is C8H9Cl2N3O3. The molecule has 88 valence electrons. The Morgan fingerprint density at radius 2 is 2.44 bits per heavy atom. The highest BCUT2D eigenvalue weighted by Gasteiger charge is 2.10. The highest BCUT2D eigenvalue weighted by molar-refractivity contribution is 6.55. The second-order valence-corrected chi connectivity index (χ2v) is 3.76. The fraction of sp³-hybridized carbons (Fsp3) is 0.250. The number of carbonyl (C=O) groups is 1. The average Bonchev–Trinajstić information content (AvgIpc) is 2.54. The fourth-order valence-electron chi connectivity index (χ4n) is 0.938. The molecule has 1 aromatic heterocycles. The number of anilines is 1. The highest BCUT2D eigenvalue weighted by atomic mass is 35.5. The predicted octanol–water partition coefficient (Wildman–Crippen LogP) is 1.78. The van der Waals surface area contributed by atoms with Gasteiger partial charge in [0.1, 0.15) is 10.2 Å². The lowest BCUT2D eigenvalue weighted by molar-refractivity contribution is 0.0685. The van der Waals surface area contributed by atoms with Gasteiger partial charge >= 0.3 is 5.97 Å². The van der Waals surface area contributed by atoms with E-state index < -0.39 is 5.97 Å². The lowest BCUT2D eigenvalue weighted by atomic mass is 10.4. The molecule has 0 saturated carbocycles. The molecule has 0 fully saturated rings. The van der Waals surface area contributed by atoms with E-state index in [0.717, 1.165) is 0 Å². The Kier molecular flexibility index (Phi) is 4.60. The van der Waals surface area contributed by atoms with Crippen LogP contribution in [0.5, 0.6) is 0 Å². The van der Waals surface area contributed by atoms with E-state index in [1.54, 1.807) is 0 Å². The van der Waals surface area contributed by atoms with Crippen LogP contribution < -0.4 is 5.48 Å². The van der Waals surface area contributed by atoms with Crippen LogP contribution >= 0.6 is 23.2 Å². The zero-order chi connectivity index (χ0) is 12.1. The van der Waals surface area contributed by atoms with E-state index >= 15 is 0 Å². The first-order chi connectivity index (χ1) is 7.50. The third kappa shape index (κ3) is 3.73. The molecule has 0 unspecified atom stereocenters. The second-order valence-electron chi connectivity index (χ2n) is 2.75. The molecule has 0 radical (unpaired) electrons. The standard InChI is InChI=1S/C8H9Cl2N3O3/c1-13-5(8(14)15)4-7(11-13)12-16-3-2-6(9)10/h2,4H,3H2,1H3,(H,11,12)(H,14,15). The molecule has 1 aromatic rings. The molecular weight excluding hydrogens is 257 g/mol. The third-order valence-electron chi connectivity index (χ3n) is 1.60. The summed E-state index contributed by atoms with van der Waals surface area (Å²) in [6, 6.07) is 1.34. The lowest BCUT2D eigenvalue weighted by Crippen LogP contribution is -2.05. The molecule has 0 spiro atoms. The molecule has 8 heteroatoms. The summed E-state index contributed by atoms with van der Waals surface area (Å²) in [5, 5.41) is 12.6. The summed E-state index contributed by atoms with van der Waals surface area (Å²) in [5.41, 5.74) is 2.51. The van der Waals surface area contributed by atoms with Crippen LogP contribution in [0, 0.1) is 0 Å². The summed E-state index contributed by atoms with van der Waals surface area (Å²) < 4.78 is 1.31. The van der Waals surface area contributed by atoms with Gasteiger partial charge in [-0.25, -0.2) is 10.3 Å². The molecule has 0 aliphatic carbocycles. The van der Waals surface area contributed by atoms with E-state index in [1.165, 1.54) is 23.9 Å². The van der Waals surface area contributed by atoms with E-state index in [-0.39, 0.29) is 16.8 Å². The molecule has 1 heterocycles. The second kappa shape index (κ2) is 5.74. The van der Waals surface area contributed by atoms with Gasteiger partial charge in [-0.15, -0.1) is 0 Å². The van der Waals surface area contributed by atoms with Crippen LogP contribution in [0.15, 0.2) is 16.6 Å². The van der Waals surface area contributed by atoms with Crippen molar-refractivity contribution in [3.63, 3.8) is 0 Å². The molecule has 0 aliphatic rings. The first-order valence-electron chi connectivity index (χ1n) is 4.17. The van der Waals surface area contributed by atoms with Crippen molar-refractivity contribution in [3.8, 4) is 0 Å². The van der Waals surface area contributed by atoms with Crippen LogP contribution in [0.1, 0.15) is 10.5 Å². The summed E-state index contributed by atoms with van der Waals surface area (Å²) in [5.74, 6) is -0.772. The number of halogens is 2. The van der Waals surface area contributed by atoms with E-state index in [9.17, 15) is 4.79 Å². The Morgan fingerprint density at radius 3 is 2.94 bits per heavy atom. The van der Waals surface area contributed by atoms with Crippen molar-refractivity contribution in [3.05, 3.63) is 22.3 Å². The number of rotatable bonds is 5. The van der Waals surface area contributed by atoms with Crippen LogP contribution in [0.3, 0.4) is 0 Å². The van der Waals surface area contributed by atoms with E-state index in [1.807, 2.05) is 0 Å². The van der Waals surface area contributed by atoms with Crippen molar-refractivity contribution in [1.82, 2.24) is 9.78 Å². The quantitative estimate of drug-likeness (QED) is 0.627. The van der Waals surface area contributed by atoms with Gasteiger partial charge in [0.2, 0.25) is 0 Å². The number of aromatic nitrogens is 2. The molecule has 0 aliphatic heterocycles. The van der Waals surface area contributed by atoms with Crippen LogP contribution in [0.2, 0.25) is 0 Å². The van der Waals surface area contributed by atoms with E-state index in [4.69, 9.17) is 33.1 Å². The molecule has 2 N–H and O–H groups in total. The van der Waals surface area contributed by atoms with E-state index in [0.29, 0.717) is 5.82 Å². The Balaban J connectivity index is 2.52. The maximum atomic E-state index is 10.7. The Bertz CT molecular complexity index is 413. The van der Waals surface area contributed by atoms with Crippen molar-refractivity contribution >= 4 is 35.0 Å². The number of carboxylic acids is 1. The molecule has 0 amide bonds. The van der Waals surface area contributed by atoms with Gasteiger partial charge in [0.05, 0.1) is 6.61 Å². The van der Waals surface area contributed by atoms with Crippen molar-refractivity contribution in [2.45, 2.75) is 0 Å². The van der Waals surface area contributed by atoms with Crippen molar-refractivity contribution in [2.24, 2.45) is 7.05 Å². The monoisotopic (exact) mass is 265 g/mol. The summed E-state index contributed by atoms with van der Waals surface area (Å²) >= 11 is 10.7. The number of nitrogens with one attached hydrogen (secondary N) is 1. The maximum Gasteiger partial charge on any atom is 0.354 e. The van der Waals surface area contributed by atoms with E-state index in [2.05, 4.69) is 10.6 Å². The van der Waals surface area contributed by atoms with Gasteiger partial charge in [-0.05, 0) is 6.08 Å². The van der Waals surface area contributed by atoms with Gasteiger partial charge in [0, 0.05) is 13.1 Å². The van der Waals surface area contributed by atoms with Gasteiger partial charge in [-0.2, -0.15) is 5.10 Å². The molecule has 0 atom stereocenters. The number of aromatic carboxylic acids is 1. The first-order valence-corrected chi connectivity index (χ1v) is 4.92. The number of hydrogen-bond donors (Lipinski definition) is 2. The smallest absolute Gasteiger partial charge is 0.354 e. The summed E-state index contributed by atoms with van der Waals surface area (Å²) in [4.78, 5) is 15.6. The number of carboxylic acid groups (broad SMARTS) is 1.